The average molecular weight is 382 g/mol. The molecule has 0 radical (unpaired) electrons. The monoisotopic (exact) mass is 382 g/mol. The molecule has 1 heterocycles. The van der Waals surface area contributed by atoms with Crippen LogP contribution in [0.4, 0.5) is 15.8 Å². The molecular formula is C19H15FN4O4. The van der Waals surface area contributed by atoms with Gasteiger partial charge in [0.2, 0.25) is 11.7 Å². The molecule has 8 nitrogen and oxygen atoms in total. The summed E-state index contributed by atoms with van der Waals surface area (Å²) in [6, 6.07) is 13.4. The summed E-state index contributed by atoms with van der Waals surface area (Å²) in [4.78, 5) is 34.1. The summed E-state index contributed by atoms with van der Waals surface area (Å²) in [5.41, 5.74) is 1.19. The first-order chi connectivity index (χ1) is 13.3. The fourth-order valence-corrected chi connectivity index (χ4v) is 2.51. The second kappa shape index (κ2) is 7.78. The second-order valence-electron chi connectivity index (χ2n) is 6.05. The molecule has 28 heavy (non-hydrogen) atoms. The van der Waals surface area contributed by atoms with Crippen LogP contribution in [0.3, 0.4) is 0 Å². The van der Waals surface area contributed by atoms with Gasteiger partial charge in [-0.25, -0.2) is 4.68 Å². The Morgan fingerprint density at radius 1 is 1.18 bits per heavy atom. The highest BCUT2D eigenvalue weighted by Crippen LogP contribution is 2.21. The SMILES string of the molecule is Cc1ccc(-c2ccc(=O)n(CC(=O)Nc3ccc(F)c([N+](=O)[O-])c3)n2)cc1. The first-order valence-corrected chi connectivity index (χ1v) is 8.22. The Morgan fingerprint density at radius 3 is 2.57 bits per heavy atom. The highest BCUT2D eigenvalue weighted by Gasteiger charge is 2.16. The number of nitrogens with zero attached hydrogens (tertiary/aromatic N) is 3. The highest BCUT2D eigenvalue weighted by molar-refractivity contribution is 5.90. The van der Waals surface area contributed by atoms with E-state index in [1.54, 1.807) is 6.07 Å². The molecule has 0 aliphatic carbocycles. The summed E-state index contributed by atoms with van der Waals surface area (Å²) >= 11 is 0. The molecule has 9 heteroatoms. The molecule has 0 aliphatic rings. The van der Waals surface area contributed by atoms with Gasteiger partial charge in [-0.1, -0.05) is 29.8 Å². The van der Waals surface area contributed by atoms with Crippen LogP contribution in [0, 0.1) is 22.9 Å². The first-order valence-electron chi connectivity index (χ1n) is 8.22. The molecule has 3 rings (SSSR count). The van der Waals surface area contributed by atoms with Crippen LogP contribution in [0.5, 0.6) is 0 Å². The number of nitro groups is 1. The van der Waals surface area contributed by atoms with Crippen molar-refractivity contribution in [2.45, 2.75) is 13.5 Å². The molecule has 0 spiro atoms. The van der Waals surface area contributed by atoms with E-state index in [2.05, 4.69) is 10.4 Å². The van der Waals surface area contributed by atoms with E-state index in [-0.39, 0.29) is 5.69 Å². The average Bonchev–Trinajstić information content (AvgIpc) is 2.65. The Balaban J connectivity index is 1.80. The molecule has 0 fully saturated rings. The molecule has 0 saturated carbocycles. The van der Waals surface area contributed by atoms with E-state index in [0.29, 0.717) is 5.69 Å². The maximum Gasteiger partial charge on any atom is 0.306 e. The molecule has 142 valence electrons. The number of rotatable bonds is 5. The van der Waals surface area contributed by atoms with E-state index in [4.69, 9.17) is 0 Å². The zero-order valence-corrected chi connectivity index (χ0v) is 14.8. The Labute approximate surface area is 158 Å². The zero-order chi connectivity index (χ0) is 20.3. The molecule has 2 aromatic carbocycles. The summed E-state index contributed by atoms with van der Waals surface area (Å²) in [6.07, 6.45) is 0. The predicted octanol–water partition coefficient (Wildman–Crippen LogP) is 2.90. The number of carbonyl (C=O) groups excluding carboxylic acids is 1. The van der Waals surface area contributed by atoms with Crippen LogP contribution in [0.2, 0.25) is 0 Å². The number of hydrogen-bond donors (Lipinski definition) is 1. The number of aromatic nitrogens is 2. The number of anilines is 1. The standard InChI is InChI=1S/C19H15FN4O4/c1-12-2-4-13(5-3-12)16-8-9-19(26)23(22-16)11-18(25)21-14-6-7-15(20)17(10-14)24(27)28/h2-10H,11H2,1H3,(H,21,25). The van der Waals surface area contributed by atoms with Crippen LogP contribution in [-0.2, 0) is 11.3 Å². The van der Waals surface area contributed by atoms with Gasteiger partial charge in [-0.2, -0.15) is 9.49 Å². The van der Waals surface area contributed by atoms with Crippen LogP contribution in [0.1, 0.15) is 5.56 Å². The van der Waals surface area contributed by atoms with Crippen LogP contribution in [0.15, 0.2) is 59.4 Å². The highest BCUT2D eigenvalue weighted by atomic mass is 19.1. The van der Waals surface area contributed by atoms with Gasteiger partial charge in [0, 0.05) is 23.4 Å². The summed E-state index contributed by atoms with van der Waals surface area (Å²) in [5, 5.41) is 17.4. The van der Waals surface area contributed by atoms with Gasteiger partial charge >= 0.3 is 5.69 Å². The van der Waals surface area contributed by atoms with Crippen molar-refractivity contribution in [3.8, 4) is 11.3 Å². The van der Waals surface area contributed by atoms with Gasteiger partial charge < -0.3 is 5.32 Å². The van der Waals surface area contributed by atoms with E-state index in [1.807, 2.05) is 31.2 Å². The molecule has 0 unspecified atom stereocenters. The molecule has 0 aliphatic heterocycles. The van der Waals surface area contributed by atoms with Crippen molar-refractivity contribution in [2.75, 3.05) is 5.32 Å². The fraction of sp³-hybridized carbons (Fsp3) is 0.105. The molecule has 0 saturated heterocycles. The molecule has 3 aromatic rings. The van der Waals surface area contributed by atoms with Crippen LogP contribution >= 0.6 is 0 Å². The van der Waals surface area contributed by atoms with Gasteiger partial charge in [-0.3, -0.25) is 19.7 Å². The number of amides is 1. The van der Waals surface area contributed by atoms with Crippen molar-refractivity contribution < 1.29 is 14.1 Å². The Kier molecular flexibility index (Phi) is 5.25. The van der Waals surface area contributed by atoms with Gasteiger partial charge in [0.05, 0.1) is 10.6 Å². The Morgan fingerprint density at radius 2 is 1.89 bits per heavy atom. The lowest BCUT2D eigenvalue weighted by molar-refractivity contribution is -0.387. The number of aryl methyl sites for hydroxylation is 1. The largest absolute Gasteiger partial charge is 0.324 e. The molecule has 1 amide bonds. The number of nitro benzene ring substituents is 1. The minimum absolute atomic E-state index is 0.0424. The summed E-state index contributed by atoms with van der Waals surface area (Å²) < 4.78 is 14.4. The fourth-order valence-electron chi connectivity index (χ4n) is 2.51. The van der Waals surface area contributed by atoms with Gasteiger partial charge in [-0.15, -0.1) is 0 Å². The van der Waals surface area contributed by atoms with Crippen molar-refractivity contribution in [1.29, 1.82) is 0 Å². The normalized spacial score (nSPS) is 10.5. The lowest BCUT2D eigenvalue weighted by Gasteiger charge is -2.09. The number of nitrogens with one attached hydrogen (secondary N) is 1. The Hall–Kier alpha value is -3.88. The molecule has 0 bridgehead atoms. The van der Waals surface area contributed by atoms with Crippen LogP contribution in [-0.4, -0.2) is 20.6 Å². The number of hydrogen-bond acceptors (Lipinski definition) is 5. The van der Waals surface area contributed by atoms with Gasteiger partial charge in [0.25, 0.3) is 5.56 Å². The quantitative estimate of drug-likeness (QED) is 0.539. The second-order valence-corrected chi connectivity index (χ2v) is 6.05. The Bertz CT molecular complexity index is 1110. The van der Waals surface area contributed by atoms with Crippen molar-refractivity contribution in [2.24, 2.45) is 0 Å². The predicted molar refractivity (Wildman–Crippen MR) is 100 cm³/mol. The minimum atomic E-state index is -1.01. The van der Waals surface area contributed by atoms with Gasteiger partial charge in [0.1, 0.15) is 6.54 Å². The maximum atomic E-state index is 13.4. The van der Waals surface area contributed by atoms with E-state index in [1.165, 1.54) is 12.1 Å². The number of carbonyl (C=O) groups is 1. The van der Waals surface area contributed by atoms with Crippen molar-refractivity contribution in [1.82, 2.24) is 9.78 Å². The van der Waals surface area contributed by atoms with Crippen LogP contribution in [0.25, 0.3) is 11.3 Å². The summed E-state index contributed by atoms with van der Waals surface area (Å²) in [6.45, 7) is 1.55. The van der Waals surface area contributed by atoms with E-state index >= 15 is 0 Å². The number of halogens is 1. The maximum absolute atomic E-state index is 13.4. The van der Waals surface area contributed by atoms with E-state index in [0.717, 1.165) is 27.9 Å². The smallest absolute Gasteiger partial charge is 0.306 e. The van der Waals surface area contributed by atoms with Crippen molar-refractivity contribution in [3.63, 3.8) is 0 Å². The first kappa shape index (κ1) is 18.9. The van der Waals surface area contributed by atoms with Crippen LogP contribution < -0.4 is 10.9 Å². The molecule has 1 N–H and O–H groups in total. The van der Waals surface area contributed by atoms with E-state index in [9.17, 15) is 24.1 Å². The zero-order valence-electron chi connectivity index (χ0n) is 14.8. The summed E-state index contributed by atoms with van der Waals surface area (Å²) in [7, 11) is 0. The van der Waals surface area contributed by atoms with E-state index < -0.39 is 34.4 Å². The third kappa shape index (κ3) is 4.26. The third-order valence-electron chi connectivity index (χ3n) is 3.93. The van der Waals surface area contributed by atoms with Gasteiger partial charge in [-0.05, 0) is 25.1 Å². The lowest BCUT2D eigenvalue weighted by Crippen LogP contribution is -2.29. The molecule has 0 atom stereocenters. The van der Waals surface area contributed by atoms with Crippen molar-refractivity contribution in [3.05, 3.63) is 86.4 Å². The topological polar surface area (TPSA) is 107 Å². The lowest BCUT2D eigenvalue weighted by atomic mass is 10.1. The minimum Gasteiger partial charge on any atom is -0.324 e. The number of benzene rings is 2. The van der Waals surface area contributed by atoms with Gasteiger partial charge in [0.15, 0.2) is 0 Å². The van der Waals surface area contributed by atoms with Crippen molar-refractivity contribution >= 4 is 17.3 Å². The third-order valence-corrected chi connectivity index (χ3v) is 3.93. The molecule has 1 aromatic heterocycles. The molecular weight excluding hydrogens is 367 g/mol. The summed E-state index contributed by atoms with van der Waals surface area (Å²) in [5.74, 6) is -1.64.